The van der Waals surface area contributed by atoms with Gasteiger partial charge in [-0.3, -0.25) is 5.10 Å². The zero-order valence-electron chi connectivity index (χ0n) is 17.5. The second kappa shape index (κ2) is 8.84. The summed E-state index contributed by atoms with van der Waals surface area (Å²) in [5.41, 5.74) is 7.67. The van der Waals surface area contributed by atoms with Gasteiger partial charge in [0.2, 0.25) is 0 Å². The molecule has 0 atom stereocenters. The van der Waals surface area contributed by atoms with Gasteiger partial charge in [0.05, 0.1) is 11.7 Å². The largest absolute Gasteiger partial charge is 0.478 e. The van der Waals surface area contributed by atoms with E-state index in [9.17, 15) is 4.79 Å². The zero-order valence-corrected chi connectivity index (χ0v) is 17.5. The second-order valence-corrected chi connectivity index (χ2v) is 7.78. The predicted molar refractivity (Wildman–Crippen MR) is 126 cm³/mol. The van der Waals surface area contributed by atoms with Crippen LogP contribution in [0.3, 0.4) is 0 Å². The van der Waals surface area contributed by atoms with Crippen LogP contribution < -0.4 is 0 Å². The van der Waals surface area contributed by atoms with Crippen LogP contribution in [0.25, 0.3) is 28.1 Å². The molecule has 31 heavy (non-hydrogen) atoms. The Morgan fingerprint density at radius 1 is 0.935 bits per heavy atom. The number of aromatic amines is 1. The number of benzene rings is 3. The van der Waals surface area contributed by atoms with Crippen molar-refractivity contribution in [3.8, 4) is 0 Å². The van der Waals surface area contributed by atoms with Crippen LogP contribution in [-0.2, 0) is 4.79 Å². The molecule has 0 aliphatic rings. The lowest BCUT2D eigenvalue weighted by molar-refractivity contribution is -0.131. The molecule has 0 aliphatic heterocycles. The summed E-state index contributed by atoms with van der Waals surface area (Å²) in [5.74, 6) is -0.659. The third kappa shape index (κ3) is 4.48. The molecule has 0 aliphatic carbocycles. The minimum Gasteiger partial charge on any atom is -0.478 e. The van der Waals surface area contributed by atoms with Gasteiger partial charge in [-0.15, -0.1) is 0 Å². The lowest BCUT2D eigenvalue weighted by atomic mass is 9.83. The minimum atomic E-state index is -0.954. The van der Waals surface area contributed by atoms with E-state index in [1.807, 2.05) is 24.4 Å². The number of carbonyl (C=O) groups is 1. The van der Waals surface area contributed by atoms with Crippen molar-refractivity contribution in [2.75, 3.05) is 0 Å². The number of fused-ring (bicyclic) bond motifs is 1. The monoisotopic (exact) mass is 408 g/mol. The Balaban J connectivity index is 1.93. The van der Waals surface area contributed by atoms with Crippen molar-refractivity contribution in [3.63, 3.8) is 0 Å². The molecule has 0 saturated carbocycles. The molecule has 4 aromatic rings. The van der Waals surface area contributed by atoms with E-state index in [2.05, 4.69) is 78.6 Å². The van der Waals surface area contributed by atoms with Crippen molar-refractivity contribution in [1.82, 2.24) is 10.2 Å². The maximum absolute atomic E-state index is 10.8. The molecule has 0 spiro atoms. The Hall–Kier alpha value is -3.92. The molecule has 0 radical (unpaired) electrons. The molecular weight excluding hydrogens is 384 g/mol. The maximum Gasteiger partial charge on any atom is 0.328 e. The highest BCUT2D eigenvalue weighted by Crippen LogP contribution is 2.37. The summed E-state index contributed by atoms with van der Waals surface area (Å²) in [5, 5.41) is 17.1. The summed E-state index contributed by atoms with van der Waals surface area (Å²) in [4.78, 5) is 10.8. The number of allylic oxidation sites excluding steroid dienone is 1. The first kappa shape index (κ1) is 20.4. The minimum absolute atomic E-state index is 0.295. The third-order valence-corrected chi connectivity index (χ3v) is 5.28. The van der Waals surface area contributed by atoms with E-state index < -0.39 is 5.97 Å². The molecule has 2 N–H and O–H groups in total. The topological polar surface area (TPSA) is 66.0 Å². The Morgan fingerprint density at radius 3 is 2.32 bits per heavy atom. The smallest absolute Gasteiger partial charge is 0.328 e. The number of aliphatic carboxylic acids is 1. The van der Waals surface area contributed by atoms with Gasteiger partial charge in [0.15, 0.2) is 0 Å². The van der Waals surface area contributed by atoms with Gasteiger partial charge in [-0.05, 0) is 57.5 Å². The number of carboxylic acid groups (broad SMARTS) is 1. The van der Waals surface area contributed by atoms with E-state index in [0.717, 1.165) is 39.2 Å². The zero-order chi connectivity index (χ0) is 21.8. The number of hydrogen-bond acceptors (Lipinski definition) is 2. The van der Waals surface area contributed by atoms with Gasteiger partial charge in [-0.25, -0.2) is 4.79 Å². The van der Waals surface area contributed by atoms with Gasteiger partial charge in [-0.1, -0.05) is 74.5 Å². The highest BCUT2D eigenvalue weighted by Gasteiger charge is 2.17. The fourth-order valence-corrected chi connectivity index (χ4v) is 3.89. The number of nitrogens with one attached hydrogen (secondary N) is 1. The van der Waals surface area contributed by atoms with E-state index in [0.29, 0.717) is 5.92 Å². The molecule has 0 unspecified atom stereocenters. The SMILES string of the molecule is CC(C)/C(=C(/c1ccc(/C=C/C(=O)O)cc1)c1ccc2[nH]ncc2c1)c1ccccc1. The van der Waals surface area contributed by atoms with Crippen LogP contribution in [0.5, 0.6) is 0 Å². The lowest BCUT2D eigenvalue weighted by Crippen LogP contribution is -2.01. The average Bonchev–Trinajstić information content (AvgIpc) is 3.24. The maximum atomic E-state index is 10.8. The molecule has 4 heteroatoms. The van der Waals surface area contributed by atoms with Crippen LogP contribution in [0.15, 0.2) is 85.1 Å². The van der Waals surface area contributed by atoms with Crippen LogP contribution in [-0.4, -0.2) is 21.3 Å². The second-order valence-electron chi connectivity index (χ2n) is 7.78. The fourth-order valence-electron chi connectivity index (χ4n) is 3.89. The van der Waals surface area contributed by atoms with Crippen LogP contribution in [0, 0.1) is 5.92 Å². The number of hydrogen-bond donors (Lipinski definition) is 2. The summed E-state index contributed by atoms with van der Waals surface area (Å²) >= 11 is 0. The van der Waals surface area contributed by atoms with Crippen molar-refractivity contribution < 1.29 is 9.90 Å². The van der Waals surface area contributed by atoms with E-state index in [1.54, 1.807) is 6.08 Å². The predicted octanol–water partition coefficient (Wildman–Crippen LogP) is 6.28. The van der Waals surface area contributed by atoms with Crippen LogP contribution >= 0.6 is 0 Å². The number of rotatable bonds is 6. The van der Waals surface area contributed by atoms with Gasteiger partial charge < -0.3 is 5.11 Å². The number of aromatic nitrogens is 2. The van der Waals surface area contributed by atoms with Crippen molar-refractivity contribution in [1.29, 1.82) is 0 Å². The molecule has 0 fully saturated rings. The van der Waals surface area contributed by atoms with E-state index >= 15 is 0 Å². The summed E-state index contributed by atoms with van der Waals surface area (Å²) in [7, 11) is 0. The standard InChI is InChI=1S/C27H24N2O2/c1-18(2)26(20-6-4-3-5-7-20)27(22-13-14-24-23(16-22)17-28-29-24)21-11-8-19(9-12-21)10-15-25(30)31/h3-18H,1-2H3,(H,28,29)(H,30,31)/b15-10+,27-26+. The van der Waals surface area contributed by atoms with Gasteiger partial charge >= 0.3 is 5.97 Å². The van der Waals surface area contributed by atoms with E-state index in [-0.39, 0.29) is 0 Å². The number of nitrogens with zero attached hydrogens (tertiary/aromatic N) is 1. The van der Waals surface area contributed by atoms with Crippen LogP contribution in [0.1, 0.15) is 36.1 Å². The Kier molecular flexibility index (Phi) is 5.80. The molecule has 3 aromatic carbocycles. The molecule has 0 saturated heterocycles. The average molecular weight is 409 g/mol. The first-order chi connectivity index (χ1) is 15.0. The van der Waals surface area contributed by atoms with Gasteiger partial charge in [0.25, 0.3) is 0 Å². The molecule has 4 nitrogen and oxygen atoms in total. The van der Waals surface area contributed by atoms with Crippen LogP contribution in [0.4, 0.5) is 0 Å². The quantitative estimate of drug-likeness (QED) is 0.292. The summed E-state index contributed by atoms with van der Waals surface area (Å²) in [6.07, 6.45) is 4.60. The highest BCUT2D eigenvalue weighted by molar-refractivity contribution is 6.01. The highest BCUT2D eigenvalue weighted by atomic mass is 16.4. The van der Waals surface area contributed by atoms with Crippen LogP contribution in [0.2, 0.25) is 0 Å². The summed E-state index contributed by atoms with van der Waals surface area (Å²) in [6, 6.07) is 24.8. The number of H-pyrrole nitrogens is 1. The fraction of sp³-hybridized carbons (Fsp3) is 0.111. The van der Waals surface area contributed by atoms with Crippen molar-refractivity contribution in [2.24, 2.45) is 5.92 Å². The number of carboxylic acids is 1. The van der Waals surface area contributed by atoms with Crippen molar-refractivity contribution in [3.05, 3.63) is 107 Å². The van der Waals surface area contributed by atoms with Crippen molar-refractivity contribution in [2.45, 2.75) is 13.8 Å². The normalized spacial score (nSPS) is 12.5. The first-order valence-electron chi connectivity index (χ1n) is 10.3. The van der Waals surface area contributed by atoms with Crippen molar-refractivity contribution >= 4 is 34.1 Å². The summed E-state index contributed by atoms with van der Waals surface area (Å²) in [6.45, 7) is 4.42. The van der Waals surface area contributed by atoms with E-state index in [4.69, 9.17) is 5.11 Å². The lowest BCUT2D eigenvalue weighted by Gasteiger charge is -2.20. The first-order valence-corrected chi connectivity index (χ1v) is 10.3. The molecule has 154 valence electrons. The molecule has 4 rings (SSSR count). The van der Waals surface area contributed by atoms with Gasteiger partial charge in [0, 0.05) is 11.5 Å². The summed E-state index contributed by atoms with van der Waals surface area (Å²) < 4.78 is 0. The molecule has 0 amide bonds. The van der Waals surface area contributed by atoms with E-state index in [1.165, 1.54) is 11.1 Å². The van der Waals surface area contributed by atoms with Gasteiger partial charge in [-0.2, -0.15) is 5.10 Å². The molecular formula is C27H24N2O2. The molecule has 0 bridgehead atoms. The third-order valence-electron chi connectivity index (χ3n) is 5.28. The molecule has 1 heterocycles. The Labute approximate surface area is 181 Å². The van der Waals surface area contributed by atoms with Gasteiger partial charge in [0.1, 0.15) is 0 Å². The Morgan fingerprint density at radius 2 is 1.65 bits per heavy atom. The Bertz CT molecular complexity index is 1260. The molecule has 1 aromatic heterocycles.